The van der Waals surface area contributed by atoms with Crippen molar-refractivity contribution in [2.24, 2.45) is 0 Å². The third kappa shape index (κ3) is 5.29. The monoisotopic (exact) mass is 401 g/mol. The predicted octanol–water partition coefficient (Wildman–Crippen LogP) is 4.45. The molecule has 0 bridgehead atoms. The molecule has 138 valence electrons. The molecule has 1 atom stereocenters. The van der Waals surface area contributed by atoms with E-state index in [0.29, 0.717) is 27.2 Å². The first-order valence-corrected chi connectivity index (χ1v) is 9.31. The van der Waals surface area contributed by atoms with Gasteiger partial charge in [0.2, 0.25) is 0 Å². The average molecular weight is 402 g/mol. The maximum Gasteiger partial charge on any atom is 0.265 e. The van der Waals surface area contributed by atoms with Crippen LogP contribution in [0.2, 0.25) is 5.02 Å². The molecule has 2 aromatic carbocycles. The molecule has 1 unspecified atom stereocenters. The number of carbonyl (C=O) groups excluding carboxylic acids is 2. The van der Waals surface area contributed by atoms with E-state index in [9.17, 15) is 9.59 Å². The van der Waals surface area contributed by atoms with Crippen molar-refractivity contribution < 1.29 is 14.3 Å². The van der Waals surface area contributed by atoms with Crippen LogP contribution >= 0.6 is 22.9 Å². The van der Waals surface area contributed by atoms with Crippen molar-refractivity contribution in [3.05, 3.63) is 70.7 Å². The number of amides is 2. The van der Waals surface area contributed by atoms with Crippen LogP contribution in [0.3, 0.4) is 0 Å². The molecule has 0 saturated heterocycles. The molecule has 0 spiro atoms. The van der Waals surface area contributed by atoms with Crippen molar-refractivity contribution in [1.82, 2.24) is 4.98 Å². The van der Waals surface area contributed by atoms with E-state index in [1.807, 2.05) is 0 Å². The Labute approximate surface area is 165 Å². The predicted molar refractivity (Wildman–Crippen MR) is 107 cm³/mol. The lowest BCUT2D eigenvalue weighted by Crippen LogP contribution is -2.30. The summed E-state index contributed by atoms with van der Waals surface area (Å²) in [7, 11) is 0. The summed E-state index contributed by atoms with van der Waals surface area (Å²) in [5.74, 6) is -0.140. The Morgan fingerprint density at radius 3 is 2.70 bits per heavy atom. The molecule has 1 aromatic heterocycles. The molecular weight excluding hydrogens is 386 g/mol. The number of halogens is 1. The largest absolute Gasteiger partial charge is 0.481 e. The fourth-order valence-corrected chi connectivity index (χ4v) is 2.94. The normalized spacial score (nSPS) is 11.5. The number of aromatic nitrogens is 1. The zero-order valence-corrected chi connectivity index (χ0v) is 15.9. The highest BCUT2D eigenvalue weighted by Crippen LogP contribution is 2.19. The SMILES string of the molecule is CC(Oc1cccc(Cl)c1)C(=O)Nc1cccc(C(=O)Nc2nccs2)c1. The topological polar surface area (TPSA) is 80.3 Å². The lowest BCUT2D eigenvalue weighted by molar-refractivity contribution is -0.122. The second-order valence-corrected chi connectivity index (χ2v) is 6.91. The highest BCUT2D eigenvalue weighted by molar-refractivity contribution is 7.13. The quantitative estimate of drug-likeness (QED) is 0.639. The van der Waals surface area contributed by atoms with Crippen LogP contribution in [0.5, 0.6) is 5.75 Å². The van der Waals surface area contributed by atoms with E-state index in [4.69, 9.17) is 16.3 Å². The summed E-state index contributed by atoms with van der Waals surface area (Å²) in [6.07, 6.45) is 0.870. The second kappa shape index (κ2) is 8.66. The van der Waals surface area contributed by atoms with Gasteiger partial charge in [-0.05, 0) is 43.3 Å². The lowest BCUT2D eigenvalue weighted by atomic mass is 10.2. The molecule has 0 aliphatic heterocycles. The van der Waals surface area contributed by atoms with Gasteiger partial charge in [0.15, 0.2) is 11.2 Å². The molecule has 2 amide bonds. The summed E-state index contributed by atoms with van der Waals surface area (Å²) in [4.78, 5) is 28.6. The summed E-state index contributed by atoms with van der Waals surface area (Å²) in [6, 6.07) is 13.5. The molecule has 0 fully saturated rings. The van der Waals surface area contributed by atoms with Crippen LogP contribution in [-0.2, 0) is 4.79 Å². The van der Waals surface area contributed by atoms with Gasteiger partial charge in [0.25, 0.3) is 11.8 Å². The Hall–Kier alpha value is -2.90. The van der Waals surface area contributed by atoms with E-state index >= 15 is 0 Å². The molecule has 2 N–H and O–H groups in total. The first kappa shape index (κ1) is 18.9. The van der Waals surface area contributed by atoms with E-state index in [0.717, 1.165) is 0 Å². The van der Waals surface area contributed by atoms with E-state index in [-0.39, 0.29) is 11.8 Å². The molecule has 0 aliphatic rings. The third-order valence-electron chi connectivity index (χ3n) is 3.52. The average Bonchev–Trinajstić information content (AvgIpc) is 3.15. The number of hydrogen-bond donors (Lipinski definition) is 2. The number of hydrogen-bond acceptors (Lipinski definition) is 5. The van der Waals surface area contributed by atoms with E-state index < -0.39 is 6.10 Å². The highest BCUT2D eigenvalue weighted by Gasteiger charge is 2.16. The van der Waals surface area contributed by atoms with Gasteiger partial charge in [-0.3, -0.25) is 14.9 Å². The van der Waals surface area contributed by atoms with Crippen LogP contribution in [0.15, 0.2) is 60.1 Å². The maximum absolute atomic E-state index is 12.4. The van der Waals surface area contributed by atoms with Crippen molar-refractivity contribution in [2.45, 2.75) is 13.0 Å². The molecule has 3 aromatic rings. The standard InChI is InChI=1S/C19H16ClN3O3S/c1-12(26-16-7-3-5-14(20)11-16)17(24)22-15-6-2-4-13(10-15)18(25)23-19-21-8-9-27-19/h2-12H,1H3,(H,22,24)(H,21,23,25). The molecule has 8 heteroatoms. The van der Waals surface area contributed by atoms with Gasteiger partial charge in [0, 0.05) is 27.9 Å². The number of rotatable bonds is 6. The molecular formula is C19H16ClN3O3S. The van der Waals surface area contributed by atoms with Gasteiger partial charge in [0.05, 0.1) is 0 Å². The third-order valence-corrected chi connectivity index (χ3v) is 4.45. The number of nitrogens with one attached hydrogen (secondary N) is 2. The smallest absolute Gasteiger partial charge is 0.265 e. The van der Waals surface area contributed by atoms with Crippen molar-refractivity contribution in [3.8, 4) is 5.75 Å². The van der Waals surface area contributed by atoms with Crippen molar-refractivity contribution in [1.29, 1.82) is 0 Å². The van der Waals surface area contributed by atoms with Gasteiger partial charge >= 0.3 is 0 Å². The lowest BCUT2D eigenvalue weighted by Gasteiger charge is -2.15. The van der Waals surface area contributed by atoms with Crippen molar-refractivity contribution in [2.75, 3.05) is 10.6 Å². The zero-order valence-electron chi connectivity index (χ0n) is 14.3. The van der Waals surface area contributed by atoms with Gasteiger partial charge in [-0.15, -0.1) is 11.3 Å². The minimum Gasteiger partial charge on any atom is -0.481 e. The summed E-state index contributed by atoms with van der Waals surface area (Å²) in [6.45, 7) is 1.63. The van der Waals surface area contributed by atoms with Gasteiger partial charge < -0.3 is 10.1 Å². The Morgan fingerprint density at radius 1 is 1.15 bits per heavy atom. The van der Waals surface area contributed by atoms with Gasteiger partial charge in [-0.25, -0.2) is 4.98 Å². The van der Waals surface area contributed by atoms with Gasteiger partial charge in [-0.1, -0.05) is 23.7 Å². The van der Waals surface area contributed by atoms with Crippen molar-refractivity contribution >= 4 is 45.6 Å². The summed E-state index contributed by atoms with van der Waals surface area (Å²) in [5, 5.41) is 8.25. The minimum absolute atomic E-state index is 0.302. The van der Waals surface area contributed by atoms with Crippen LogP contribution < -0.4 is 15.4 Å². The van der Waals surface area contributed by atoms with E-state index in [1.54, 1.807) is 67.0 Å². The number of ether oxygens (including phenoxy) is 1. The summed E-state index contributed by atoms with van der Waals surface area (Å²) >= 11 is 7.24. The van der Waals surface area contributed by atoms with E-state index in [2.05, 4.69) is 15.6 Å². The van der Waals surface area contributed by atoms with Crippen LogP contribution in [0, 0.1) is 0 Å². The molecule has 3 rings (SSSR count). The molecule has 27 heavy (non-hydrogen) atoms. The Morgan fingerprint density at radius 2 is 1.96 bits per heavy atom. The first-order chi connectivity index (χ1) is 13.0. The van der Waals surface area contributed by atoms with Crippen LogP contribution in [0.4, 0.5) is 10.8 Å². The number of benzene rings is 2. The van der Waals surface area contributed by atoms with Crippen LogP contribution in [-0.4, -0.2) is 22.9 Å². The Bertz CT molecular complexity index is 947. The Balaban J connectivity index is 1.63. The molecule has 0 aliphatic carbocycles. The maximum atomic E-state index is 12.4. The van der Waals surface area contributed by atoms with Crippen molar-refractivity contribution in [3.63, 3.8) is 0 Å². The summed E-state index contributed by atoms with van der Waals surface area (Å²) < 4.78 is 5.59. The van der Waals surface area contributed by atoms with Crippen LogP contribution in [0.25, 0.3) is 0 Å². The first-order valence-electron chi connectivity index (χ1n) is 8.05. The number of anilines is 2. The number of nitrogens with zero attached hydrogens (tertiary/aromatic N) is 1. The second-order valence-electron chi connectivity index (χ2n) is 5.58. The van der Waals surface area contributed by atoms with Gasteiger partial charge in [0.1, 0.15) is 5.75 Å². The molecule has 1 heterocycles. The Kier molecular flexibility index (Phi) is 6.05. The molecule has 0 radical (unpaired) electrons. The highest BCUT2D eigenvalue weighted by atomic mass is 35.5. The van der Waals surface area contributed by atoms with Gasteiger partial charge in [-0.2, -0.15) is 0 Å². The fraction of sp³-hybridized carbons (Fsp3) is 0.105. The molecule has 6 nitrogen and oxygen atoms in total. The van der Waals surface area contributed by atoms with Crippen LogP contribution in [0.1, 0.15) is 17.3 Å². The fourth-order valence-electron chi connectivity index (χ4n) is 2.23. The van der Waals surface area contributed by atoms with E-state index in [1.165, 1.54) is 11.3 Å². The zero-order chi connectivity index (χ0) is 19.2. The summed E-state index contributed by atoms with van der Waals surface area (Å²) in [5.41, 5.74) is 0.903. The molecule has 0 saturated carbocycles. The number of carbonyl (C=O) groups is 2. The minimum atomic E-state index is -0.740. The number of thiazole rings is 1.